The number of carbonyl (C=O) groups is 2. The highest BCUT2D eigenvalue weighted by atomic mass is 32.1. The summed E-state index contributed by atoms with van der Waals surface area (Å²) in [7, 11) is 0. The van der Waals surface area contributed by atoms with E-state index in [9.17, 15) is 9.59 Å². The Morgan fingerprint density at radius 1 is 1.42 bits per heavy atom. The van der Waals surface area contributed by atoms with Crippen LogP contribution in [0, 0.1) is 12.8 Å². The van der Waals surface area contributed by atoms with Crippen LogP contribution >= 0.6 is 11.3 Å². The fourth-order valence-corrected chi connectivity index (χ4v) is 3.16. The van der Waals surface area contributed by atoms with Crippen molar-refractivity contribution in [1.82, 2.24) is 9.55 Å². The highest BCUT2D eigenvalue weighted by molar-refractivity contribution is 7.11. The van der Waals surface area contributed by atoms with Crippen molar-refractivity contribution in [3.63, 3.8) is 0 Å². The zero-order valence-corrected chi connectivity index (χ0v) is 15.3. The van der Waals surface area contributed by atoms with Gasteiger partial charge in [0.2, 0.25) is 5.01 Å². The highest BCUT2D eigenvalue weighted by Crippen LogP contribution is 2.28. The third-order valence-corrected chi connectivity index (χ3v) is 4.60. The summed E-state index contributed by atoms with van der Waals surface area (Å²) in [5, 5.41) is 2.11. The molecule has 2 rings (SSSR count). The van der Waals surface area contributed by atoms with Crippen LogP contribution in [0.1, 0.15) is 53.0 Å². The van der Waals surface area contributed by atoms with Crippen LogP contribution in [0.15, 0.2) is 11.4 Å². The van der Waals surface area contributed by atoms with Gasteiger partial charge in [0.25, 0.3) is 5.91 Å². The Morgan fingerprint density at radius 2 is 2.12 bits per heavy atom. The van der Waals surface area contributed by atoms with Crippen LogP contribution in [0.5, 0.6) is 0 Å². The molecule has 2 aromatic rings. The summed E-state index contributed by atoms with van der Waals surface area (Å²) >= 11 is 1.23. The van der Waals surface area contributed by atoms with Gasteiger partial charge in [-0.1, -0.05) is 13.8 Å². The first-order valence-electron chi connectivity index (χ1n) is 7.98. The van der Waals surface area contributed by atoms with Crippen LogP contribution in [0.2, 0.25) is 0 Å². The second kappa shape index (κ2) is 7.61. The molecule has 1 amide bonds. The SMILES string of the molecule is CCOC(=O)c1nc(-c2cc(C(N)=O)c(C)n2CCC(C)C)cs1. The normalized spacial score (nSPS) is 11.0. The van der Waals surface area contributed by atoms with Crippen molar-refractivity contribution in [2.75, 3.05) is 6.61 Å². The van der Waals surface area contributed by atoms with Gasteiger partial charge in [0.15, 0.2) is 0 Å². The summed E-state index contributed by atoms with van der Waals surface area (Å²) in [5.41, 5.74) is 8.24. The van der Waals surface area contributed by atoms with Crippen molar-refractivity contribution in [2.24, 2.45) is 11.7 Å². The Labute approximate surface area is 145 Å². The lowest BCUT2D eigenvalue weighted by atomic mass is 10.1. The van der Waals surface area contributed by atoms with E-state index in [1.807, 2.05) is 11.5 Å². The first kappa shape index (κ1) is 18.2. The molecule has 0 spiro atoms. The van der Waals surface area contributed by atoms with E-state index < -0.39 is 11.9 Å². The molecule has 24 heavy (non-hydrogen) atoms. The van der Waals surface area contributed by atoms with E-state index in [-0.39, 0.29) is 0 Å². The maximum Gasteiger partial charge on any atom is 0.367 e. The molecule has 2 N–H and O–H groups in total. The molecule has 0 atom stereocenters. The number of carbonyl (C=O) groups excluding carboxylic acids is 2. The summed E-state index contributed by atoms with van der Waals surface area (Å²) in [6.45, 7) is 9.00. The summed E-state index contributed by atoms with van der Waals surface area (Å²) in [6, 6.07) is 1.75. The average Bonchev–Trinajstić information content (AvgIpc) is 3.10. The van der Waals surface area contributed by atoms with Crippen LogP contribution in [0.4, 0.5) is 0 Å². The summed E-state index contributed by atoms with van der Waals surface area (Å²) in [4.78, 5) is 27.9. The summed E-state index contributed by atoms with van der Waals surface area (Å²) in [5.74, 6) is -0.360. The number of thiazole rings is 1. The van der Waals surface area contributed by atoms with E-state index in [0.717, 1.165) is 24.4 Å². The van der Waals surface area contributed by atoms with Gasteiger partial charge < -0.3 is 15.0 Å². The molecule has 2 heterocycles. The van der Waals surface area contributed by atoms with Crippen LogP contribution in [0.25, 0.3) is 11.4 Å². The number of amides is 1. The molecule has 130 valence electrons. The van der Waals surface area contributed by atoms with Gasteiger partial charge in [-0.15, -0.1) is 11.3 Å². The van der Waals surface area contributed by atoms with Crippen molar-refractivity contribution >= 4 is 23.2 Å². The molecule has 7 heteroatoms. The van der Waals surface area contributed by atoms with E-state index >= 15 is 0 Å². The van der Waals surface area contributed by atoms with Gasteiger partial charge in [-0.2, -0.15) is 0 Å². The van der Waals surface area contributed by atoms with Gasteiger partial charge in [0.1, 0.15) is 0 Å². The zero-order valence-electron chi connectivity index (χ0n) is 14.5. The largest absolute Gasteiger partial charge is 0.461 e. The van der Waals surface area contributed by atoms with Crippen molar-refractivity contribution in [2.45, 2.75) is 40.7 Å². The van der Waals surface area contributed by atoms with Crippen LogP contribution in [-0.2, 0) is 11.3 Å². The molecular formula is C17H23N3O3S. The Balaban J connectivity index is 2.43. The van der Waals surface area contributed by atoms with Gasteiger partial charge in [0, 0.05) is 17.6 Å². The summed E-state index contributed by atoms with van der Waals surface area (Å²) < 4.78 is 7.03. The molecule has 0 aliphatic carbocycles. The number of nitrogens with zero attached hydrogens (tertiary/aromatic N) is 2. The monoisotopic (exact) mass is 349 g/mol. The topological polar surface area (TPSA) is 87.2 Å². The number of hydrogen-bond acceptors (Lipinski definition) is 5. The number of nitrogens with two attached hydrogens (primary N) is 1. The first-order valence-corrected chi connectivity index (χ1v) is 8.86. The van der Waals surface area contributed by atoms with Crippen LogP contribution < -0.4 is 5.73 Å². The Morgan fingerprint density at radius 3 is 2.71 bits per heavy atom. The van der Waals surface area contributed by atoms with Gasteiger partial charge >= 0.3 is 5.97 Å². The van der Waals surface area contributed by atoms with E-state index in [1.54, 1.807) is 18.4 Å². The minimum Gasteiger partial charge on any atom is -0.461 e. The van der Waals surface area contributed by atoms with Gasteiger partial charge in [-0.3, -0.25) is 4.79 Å². The third-order valence-electron chi connectivity index (χ3n) is 3.78. The molecule has 2 aromatic heterocycles. The van der Waals surface area contributed by atoms with Gasteiger partial charge in [-0.25, -0.2) is 9.78 Å². The maximum absolute atomic E-state index is 11.8. The molecule has 0 unspecified atom stereocenters. The molecular weight excluding hydrogens is 326 g/mol. The molecule has 0 saturated carbocycles. The second-order valence-electron chi connectivity index (χ2n) is 5.99. The fourth-order valence-electron chi connectivity index (χ4n) is 2.46. The van der Waals surface area contributed by atoms with Crippen LogP contribution in [0.3, 0.4) is 0 Å². The standard InChI is InChI=1S/C17H23N3O3S/c1-5-23-17(22)16-19-13(9-24-16)14-8-12(15(18)21)11(4)20(14)7-6-10(2)3/h8-10H,5-7H2,1-4H3,(H2,18,21). The van der Waals surface area contributed by atoms with E-state index in [4.69, 9.17) is 10.5 Å². The number of esters is 1. The molecule has 0 fully saturated rings. The molecule has 6 nitrogen and oxygen atoms in total. The molecule has 0 radical (unpaired) electrons. The van der Waals surface area contributed by atoms with Crippen molar-refractivity contribution in [3.8, 4) is 11.4 Å². The lowest BCUT2D eigenvalue weighted by Crippen LogP contribution is -2.13. The summed E-state index contributed by atoms with van der Waals surface area (Å²) in [6.07, 6.45) is 0.968. The molecule has 0 aliphatic rings. The average molecular weight is 349 g/mol. The van der Waals surface area contributed by atoms with Crippen molar-refractivity contribution in [1.29, 1.82) is 0 Å². The number of ether oxygens (including phenoxy) is 1. The quantitative estimate of drug-likeness (QED) is 0.777. The molecule has 0 bridgehead atoms. The first-order chi connectivity index (χ1) is 11.3. The van der Waals surface area contributed by atoms with Crippen LogP contribution in [-0.4, -0.2) is 28.0 Å². The van der Waals surface area contributed by atoms with Gasteiger partial charge in [0.05, 0.1) is 23.6 Å². The lowest BCUT2D eigenvalue weighted by molar-refractivity contribution is 0.0526. The van der Waals surface area contributed by atoms with E-state index in [2.05, 4.69) is 18.8 Å². The zero-order chi connectivity index (χ0) is 17.9. The minimum absolute atomic E-state index is 0.307. The van der Waals surface area contributed by atoms with Gasteiger partial charge in [-0.05, 0) is 32.3 Å². The van der Waals surface area contributed by atoms with Crippen molar-refractivity contribution < 1.29 is 14.3 Å². The number of hydrogen-bond donors (Lipinski definition) is 1. The highest BCUT2D eigenvalue weighted by Gasteiger charge is 2.20. The molecule has 0 saturated heterocycles. The lowest BCUT2D eigenvalue weighted by Gasteiger charge is -2.12. The Bertz CT molecular complexity index is 746. The Kier molecular flexibility index (Phi) is 5.77. The number of rotatable bonds is 7. The minimum atomic E-state index is -0.460. The predicted molar refractivity (Wildman–Crippen MR) is 94.2 cm³/mol. The Hall–Kier alpha value is -2.15. The molecule has 0 aromatic carbocycles. The van der Waals surface area contributed by atoms with E-state index in [1.165, 1.54) is 11.3 Å². The number of aromatic nitrogens is 2. The fraction of sp³-hybridized carbons (Fsp3) is 0.471. The second-order valence-corrected chi connectivity index (χ2v) is 6.84. The van der Waals surface area contributed by atoms with E-state index in [0.29, 0.717) is 28.8 Å². The third kappa shape index (κ3) is 3.84. The maximum atomic E-state index is 11.8. The molecule has 0 aliphatic heterocycles. The predicted octanol–water partition coefficient (Wildman–Crippen LogP) is 3.24. The van der Waals surface area contributed by atoms with Crippen molar-refractivity contribution in [3.05, 3.63) is 27.7 Å². The number of primary amides is 1. The smallest absolute Gasteiger partial charge is 0.367 e.